The summed E-state index contributed by atoms with van der Waals surface area (Å²) in [5.41, 5.74) is 1.00. The van der Waals surface area contributed by atoms with E-state index < -0.39 is 0 Å². The van der Waals surface area contributed by atoms with Gasteiger partial charge in [-0.25, -0.2) is 0 Å². The summed E-state index contributed by atoms with van der Waals surface area (Å²) in [5.74, 6) is 0.629. The first-order chi connectivity index (χ1) is 9.74. The van der Waals surface area contributed by atoms with E-state index in [-0.39, 0.29) is 22.8 Å². The number of amides is 1. The summed E-state index contributed by atoms with van der Waals surface area (Å²) in [6.07, 6.45) is 3.54. The van der Waals surface area contributed by atoms with Crippen molar-refractivity contribution in [1.29, 1.82) is 0 Å². The molecule has 1 amide bonds. The Labute approximate surface area is 136 Å². The lowest BCUT2D eigenvalue weighted by Gasteiger charge is -2.39. The van der Waals surface area contributed by atoms with Crippen molar-refractivity contribution in [2.24, 2.45) is 16.7 Å². The molecule has 1 aromatic rings. The molecule has 2 saturated carbocycles. The third kappa shape index (κ3) is 2.27. The van der Waals surface area contributed by atoms with Crippen LogP contribution in [0.4, 0.5) is 0 Å². The molecule has 114 valence electrons. The molecule has 4 heteroatoms. The summed E-state index contributed by atoms with van der Waals surface area (Å²) < 4.78 is 0. The number of nitrogens with one attached hydrogen (secondary N) is 1. The molecule has 3 rings (SSSR count). The molecule has 1 aromatic carbocycles. The Hall–Kier alpha value is -0.730. The van der Waals surface area contributed by atoms with Gasteiger partial charge in [-0.05, 0) is 54.2 Å². The highest BCUT2D eigenvalue weighted by Crippen LogP contribution is 2.65. The van der Waals surface area contributed by atoms with Gasteiger partial charge in [0, 0.05) is 21.7 Å². The molecule has 0 unspecified atom stereocenters. The lowest BCUT2D eigenvalue weighted by atomic mass is 9.69. The monoisotopic (exact) mass is 325 g/mol. The minimum absolute atomic E-state index is 0.0750. The van der Waals surface area contributed by atoms with E-state index in [1.54, 1.807) is 18.2 Å². The lowest BCUT2D eigenvalue weighted by molar-refractivity contribution is 0.0826. The average molecular weight is 326 g/mol. The maximum absolute atomic E-state index is 12.5. The highest BCUT2D eigenvalue weighted by molar-refractivity contribution is 6.35. The first-order valence-electron chi connectivity index (χ1n) is 7.51. The Morgan fingerprint density at radius 2 is 1.81 bits per heavy atom. The van der Waals surface area contributed by atoms with Gasteiger partial charge in [-0.2, -0.15) is 0 Å². The van der Waals surface area contributed by atoms with Gasteiger partial charge >= 0.3 is 0 Å². The van der Waals surface area contributed by atoms with Crippen LogP contribution in [0.3, 0.4) is 0 Å². The molecule has 21 heavy (non-hydrogen) atoms. The smallest absolute Gasteiger partial charge is 0.251 e. The van der Waals surface area contributed by atoms with Crippen molar-refractivity contribution in [3.8, 4) is 0 Å². The molecule has 0 aromatic heterocycles. The van der Waals surface area contributed by atoms with E-state index in [1.807, 2.05) is 0 Å². The molecule has 0 spiro atoms. The predicted octanol–water partition coefficient (Wildman–Crippen LogP) is 4.94. The van der Waals surface area contributed by atoms with Gasteiger partial charge in [0.25, 0.3) is 5.91 Å². The number of benzene rings is 1. The maximum Gasteiger partial charge on any atom is 0.251 e. The Kier molecular flexibility index (Phi) is 3.53. The fourth-order valence-electron chi connectivity index (χ4n) is 4.35. The first kappa shape index (κ1) is 15.2. The molecule has 2 aliphatic rings. The van der Waals surface area contributed by atoms with Crippen LogP contribution in [-0.4, -0.2) is 11.9 Å². The lowest BCUT2D eigenvalue weighted by Crippen LogP contribution is -2.46. The predicted molar refractivity (Wildman–Crippen MR) is 86.9 cm³/mol. The highest BCUT2D eigenvalue weighted by atomic mass is 35.5. The molecule has 3 atom stereocenters. The summed E-state index contributed by atoms with van der Waals surface area (Å²) in [5, 5.41) is 4.21. The zero-order valence-electron chi connectivity index (χ0n) is 12.7. The molecular formula is C17H21Cl2NO. The minimum Gasteiger partial charge on any atom is -0.349 e. The van der Waals surface area contributed by atoms with Crippen LogP contribution in [0, 0.1) is 16.7 Å². The summed E-state index contributed by atoms with van der Waals surface area (Å²) in [7, 11) is 0. The first-order valence-corrected chi connectivity index (χ1v) is 8.26. The van der Waals surface area contributed by atoms with Crippen molar-refractivity contribution in [3.05, 3.63) is 33.8 Å². The summed E-state index contributed by atoms with van der Waals surface area (Å²) >= 11 is 12.0. The van der Waals surface area contributed by atoms with Crippen molar-refractivity contribution in [3.63, 3.8) is 0 Å². The van der Waals surface area contributed by atoms with Crippen LogP contribution in [0.15, 0.2) is 18.2 Å². The molecule has 2 aliphatic carbocycles. The van der Waals surface area contributed by atoms with Gasteiger partial charge in [0.2, 0.25) is 0 Å². The van der Waals surface area contributed by atoms with Gasteiger partial charge in [0.05, 0.1) is 0 Å². The number of halogens is 2. The third-order valence-corrected chi connectivity index (χ3v) is 6.66. The number of carbonyl (C=O) groups is 1. The van der Waals surface area contributed by atoms with Gasteiger partial charge in [0.15, 0.2) is 0 Å². The fraction of sp³-hybridized carbons (Fsp3) is 0.588. The van der Waals surface area contributed by atoms with E-state index in [4.69, 9.17) is 23.2 Å². The van der Waals surface area contributed by atoms with Crippen molar-refractivity contribution in [2.75, 3.05) is 0 Å². The SMILES string of the molecule is CC1(C)[C@@H]2CC[C@@]1(C)[C@H](NC(=O)c1cc(Cl)cc(Cl)c1)C2. The average Bonchev–Trinajstić information content (AvgIpc) is 2.70. The quantitative estimate of drug-likeness (QED) is 0.819. The molecule has 0 heterocycles. The minimum atomic E-state index is -0.0750. The van der Waals surface area contributed by atoms with Crippen LogP contribution >= 0.6 is 23.2 Å². The molecule has 2 nitrogen and oxygen atoms in total. The van der Waals surface area contributed by atoms with E-state index in [1.165, 1.54) is 12.8 Å². The number of hydrogen-bond acceptors (Lipinski definition) is 1. The summed E-state index contributed by atoms with van der Waals surface area (Å²) in [6.45, 7) is 7.00. The summed E-state index contributed by atoms with van der Waals surface area (Å²) in [4.78, 5) is 12.5. The number of rotatable bonds is 2. The van der Waals surface area contributed by atoms with E-state index >= 15 is 0 Å². The van der Waals surface area contributed by atoms with Gasteiger partial charge < -0.3 is 5.32 Å². The maximum atomic E-state index is 12.5. The van der Waals surface area contributed by atoms with Crippen molar-refractivity contribution in [2.45, 2.75) is 46.1 Å². The Morgan fingerprint density at radius 3 is 2.29 bits per heavy atom. The van der Waals surface area contributed by atoms with Crippen molar-refractivity contribution < 1.29 is 4.79 Å². The van der Waals surface area contributed by atoms with E-state index in [9.17, 15) is 4.79 Å². The fourth-order valence-corrected chi connectivity index (χ4v) is 4.87. The van der Waals surface area contributed by atoms with Gasteiger partial charge in [0.1, 0.15) is 0 Å². The normalized spacial score (nSPS) is 33.2. The third-order valence-electron chi connectivity index (χ3n) is 6.22. The van der Waals surface area contributed by atoms with Crippen LogP contribution in [-0.2, 0) is 0 Å². The van der Waals surface area contributed by atoms with E-state index in [2.05, 4.69) is 26.1 Å². The van der Waals surface area contributed by atoms with Crippen LogP contribution < -0.4 is 5.32 Å². The Balaban J connectivity index is 1.80. The largest absolute Gasteiger partial charge is 0.349 e. The number of hydrogen-bond donors (Lipinski definition) is 1. The van der Waals surface area contributed by atoms with Gasteiger partial charge in [-0.1, -0.05) is 44.0 Å². The van der Waals surface area contributed by atoms with Gasteiger partial charge in [-0.3, -0.25) is 4.79 Å². The van der Waals surface area contributed by atoms with Gasteiger partial charge in [-0.15, -0.1) is 0 Å². The van der Waals surface area contributed by atoms with Crippen LogP contribution in [0.1, 0.15) is 50.4 Å². The molecule has 2 bridgehead atoms. The standard InChI is InChI=1S/C17H21Cl2NO/c1-16(2)11-4-5-17(16,3)14(8-11)20-15(21)10-6-12(18)9-13(19)7-10/h6-7,9,11,14H,4-5,8H2,1-3H3,(H,20,21)/t11-,14-,17+/m1/s1. The summed E-state index contributed by atoms with van der Waals surface area (Å²) in [6, 6.07) is 5.21. The van der Waals surface area contributed by atoms with Crippen molar-refractivity contribution in [1.82, 2.24) is 5.32 Å². The zero-order valence-corrected chi connectivity index (χ0v) is 14.2. The molecule has 0 aliphatic heterocycles. The molecule has 1 N–H and O–H groups in total. The topological polar surface area (TPSA) is 29.1 Å². The number of carbonyl (C=O) groups excluding carboxylic acids is 1. The number of fused-ring (bicyclic) bond motifs is 2. The second kappa shape index (κ2) is 4.89. The Bertz CT molecular complexity index is 578. The van der Waals surface area contributed by atoms with Crippen LogP contribution in [0.2, 0.25) is 10.0 Å². The Morgan fingerprint density at radius 1 is 1.19 bits per heavy atom. The molecule has 2 fully saturated rings. The molecule has 0 radical (unpaired) electrons. The van der Waals surface area contributed by atoms with E-state index in [0.29, 0.717) is 21.5 Å². The second-order valence-electron chi connectivity index (χ2n) is 7.29. The van der Waals surface area contributed by atoms with Crippen molar-refractivity contribution >= 4 is 29.1 Å². The van der Waals surface area contributed by atoms with Crippen LogP contribution in [0.5, 0.6) is 0 Å². The zero-order chi connectivity index (χ0) is 15.4. The van der Waals surface area contributed by atoms with E-state index in [0.717, 1.165) is 6.42 Å². The molecule has 0 saturated heterocycles. The van der Waals surface area contributed by atoms with Crippen LogP contribution in [0.25, 0.3) is 0 Å². The highest BCUT2D eigenvalue weighted by Gasteiger charge is 2.61. The molecular weight excluding hydrogens is 305 g/mol. The second-order valence-corrected chi connectivity index (χ2v) is 8.17.